The lowest BCUT2D eigenvalue weighted by Gasteiger charge is -2.19. The van der Waals surface area contributed by atoms with Crippen molar-refractivity contribution < 1.29 is 19.1 Å². The molecule has 0 unspecified atom stereocenters. The van der Waals surface area contributed by atoms with Crippen molar-refractivity contribution in [3.8, 4) is 0 Å². The van der Waals surface area contributed by atoms with Gasteiger partial charge in [-0.1, -0.05) is 12.1 Å². The smallest absolute Gasteiger partial charge is 0.338 e. The summed E-state index contributed by atoms with van der Waals surface area (Å²) in [4.78, 5) is 24.7. The van der Waals surface area contributed by atoms with Gasteiger partial charge in [0.05, 0.1) is 25.3 Å². The van der Waals surface area contributed by atoms with E-state index in [9.17, 15) is 9.59 Å². The van der Waals surface area contributed by atoms with E-state index >= 15 is 0 Å². The van der Waals surface area contributed by atoms with Crippen molar-refractivity contribution in [3.05, 3.63) is 68.8 Å². The first-order valence-electron chi connectivity index (χ1n) is 9.10. The average molecular weight is 421 g/mol. The third-order valence-electron chi connectivity index (χ3n) is 5.28. The van der Waals surface area contributed by atoms with Gasteiger partial charge in [0.1, 0.15) is 0 Å². The molecular formula is C22H22Cl2O4. The second-order valence-electron chi connectivity index (χ2n) is 6.81. The third kappa shape index (κ3) is 4.03. The molecule has 28 heavy (non-hydrogen) atoms. The Hall–Kier alpha value is -2.04. The summed E-state index contributed by atoms with van der Waals surface area (Å²) in [6.45, 7) is 0. The van der Waals surface area contributed by atoms with Crippen LogP contribution in [0.5, 0.6) is 0 Å². The number of ether oxygens (including phenoxy) is 2. The fraction of sp³-hybridized carbons (Fsp3) is 0.364. The van der Waals surface area contributed by atoms with E-state index in [2.05, 4.69) is 12.1 Å². The van der Waals surface area contributed by atoms with Crippen LogP contribution < -0.4 is 0 Å². The van der Waals surface area contributed by atoms with Crippen LogP contribution in [0.1, 0.15) is 54.1 Å². The number of carbonyl (C=O) groups excluding carboxylic acids is 2. The topological polar surface area (TPSA) is 52.6 Å². The summed E-state index contributed by atoms with van der Waals surface area (Å²) in [6.07, 6.45) is 2.49. The van der Waals surface area contributed by atoms with Crippen LogP contribution in [0.3, 0.4) is 0 Å². The van der Waals surface area contributed by atoms with Crippen molar-refractivity contribution in [3.63, 3.8) is 0 Å². The normalized spacial score (nSPS) is 13.0. The minimum absolute atomic E-state index is 0.405. The van der Waals surface area contributed by atoms with Crippen molar-refractivity contribution in [2.75, 3.05) is 14.2 Å². The van der Waals surface area contributed by atoms with Gasteiger partial charge in [0.25, 0.3) is 0 Å². The second kappa shape index (κ2) is 8.97. The van der Waals surface area contributed by atoms with E-state index in [-0.39, 0.29) is 0 Å². The van der Waals surface area contributed by atoms with Crippen LogP contribution in [-0.4, -0.2) is 26.2 Å². The first-order valence-corrected chi connectivity index (χ1v) is 10.2. The van der Waals surface area contributed by atoms with Crippen molar-refractivity contribution >= 4 is 35.1 Å². The predicted molar refractivity (Wildman–Crippen MR) is 109 cm³/mol. The highest BCUT2D eigenvalue weighted by molar-refractivity contribution is 6.17. The molecule has 0 saturated carbocycles. The fourth-order valence-corrected chi connectivity index (χ4v) is 4.24. The van der Waals surface area contributed by atoms with E-state index in [0.717, 1.165) is 33.4 Å². The molecule has 6 heteroatoms. The number of hydrogen-bond acceptors (Lipinski definition) is 4. The number of methoxy groups -OCH3 is 2. The van der Waals surface area contributed by atoms with Crippen LogP contribution in [0.2, 0.25) is 0 Å². The number of carbonyl (C=O) groups is 2. The number of benzene rings is 2. The zero-order valence-electron chi connectivity index (χ0n) is 15.9. The highest BCUT2D eigenvalue weighted by Crippen LogP contribution is 2.28. The third-order valence-corrected chi connectivity index (χ3v) is 5.85. The minimum atomic E-state index is -0.405. The molecule has 4 aliphatic carbocycles. The first-order chi connectivity index (χ1) is 13.5. The predicted octanol–water partition coefficient (Wildman–Crippen LogP) is 4.62. The van der Waals surface area contributed by atoms with Gasteiger partial charge in [-0.05, 0) is 71.2 Å². The maximum atomic E-state index is 12.4. The van der Waals surface area contributed by atoms with Crippen LogP contribution in [0.15, 0.2) is 24.3 Å². The van der Waals surface area contributed by atoms with Crippen LogP contribution >= 0.6 is 23.2 Å². The Bertz CT molecular complexity index is 846. The molecule has 2 aromatic carbocycles. The molecule has 0 fully saturated rings. The van der Waals surface area contributed by atoms with Crippen LogP contribution in [0, 0.1) is 0 Å². The molecule has 4 bridgehead atoms. The highest BCUT2D eigenvalue weighted by atomic mass is 35.5. The Labute approximate surface area is 174 Å². The number of halogens is 2. The van der Waals surface area contributed by atoms with Gasteiger partial charge in [-0.15, -0.1) is 23.2 Å². The Morgan fingerprint density at radius 1 is 0.714 bits per heavy atom. The molecule has 0 spiro atoms. The van der Waals surface area contributed by atoms with Gasteiger partial charge in [-0.25, -0.2) is 9.59 Å². The number of esters is 2. The van der Waals surface area contributed by atoms with E-state index in [1.807, 2.05) is 0 Å². The van der Waals surface area contributed by atoms with Gasteiger partial charge in [-0.2, -0.15) is 0 Å². The number of aryl methyl sites for hydroxylation is 4. The summed E-state index contributed by atoms with van der Waals surface area (Å²) < 4.78 is 9.93. The summed E-state index contributed by atoms with van der Waals surface area (Å²) in [7, 11) is 2.72. The fourth-order valence-electron chi connectivity index (χ4n) is 3.75. The van der Waals surface area contributed by atoms with E-state index in [1.165, 1.54) is 14.2 Å². The zero-order chi connectivity index (χ0) is 20.3. The molecule has 148 valence electrons. The molecule has 0 N–H and O–H groups in total. The molecule has 0 amide bonds. The molecular weight excluding hydrogens is 399 g/mol. The van der Waals surface area contributed by atoms with Crippen LogP contribution in [0.4, 0.5) is 0 Å². The maximum Gasteiger partial charge on any atom is 0.338 e. The molecule has 0 atom stereocenters. The monoisotopic (exact) mass is 420 g/mol. The van der Waals surface area contributed by atoms with Gasteiger partial charge in [0, 0.05) is 11.8 Å². The lowest BCUT2D eigenvalue weighted by molar-refractivity contribution is 0.0584. The number of rotatable bonds is 4. The minimum Gasteiger partial charge on any atom is -0.465 e. The molecule has 4 nitrogen and oxygen atoms in total. The quantitative estimate of drug-likeness (QED) is 0.534. The Balaban J connectivity index is 2.18. The van der Waals surface area contributed by atoms with Gasteiger partial charge >= 0.3 is 11.9 Å². The Morgan fingerprint density at radius 3 is 1.39 bits per heavy atom. The molecule has 0 aromatic heterocycles. The lowest BCUT2D eigenvalue weighted by Crippen LogP contribution is -2.15. The maximum absolute atomic E-state index is 12.4. The molecule has 0 aliphatic heterocycles. The van der Waals surface area contributed by atoms with Gasteiger partial charge < -0.3 is 9.47 Å². The zero-order valence-corrected chi connectivity index (χ0v) is 17.5. The van der Waals surface area contributed by atoms with E-state index in [0.29, 0.717) is 48.6 Å². The lowest BCUT2D eigenvalue weighted by atomic mass is 9.87. The molecule has 0 heterocycles. The summed E-state index contributed by atoms with van der Waals surface area (Å²) >= 11 is 12.4. The summed E-state index contributed by atoms with van der Waals surface area (Å²) in [5.74, 6) is 0.0229. The molecule has 0 saturated heterocycles. The first kappa shape index (κ1) is 20.7. The van der Waals surface area contributed by atoms with E-state index in [4.69, 9.17) is 32.7 Å². The van der Waals surface area contributed by atoms with E-state index in [1.54, 1.807) is 12.1 Å². The van der Waals surface area contributed by atoms with E-state index < -0.39 is 11.9 Å². The molecule has 0 radical (unpaired) electrons. The van der Waals surface area contributed by atoms with Gasteiger partial charge in [0.2, 0.25) is 0 Å². The molecule has 6 rings (SSSR count). The largest absolute Gasteiger partial charge is 0.465 e. The Kier molecular flexibility index (Phi) is 6.63. The van der Waals surface area contributed by atoms with Crippen molar-refractivity contribution in [1.29, 1.82) is 0 Å². The number of alkyl halides is 2. The van der Waals surface area contributed by atoms with Crippen LogP contribution in [0.25, 0.3) is 0 Å². The molecule has 4 aliphatic rings. The average Bonchev–Trinajstić information content (AvgIpc) is 2.73. The highest BCUT2D eigenvalue weighted by Gasteiger charge is 2.22. The summed E-state index contributed by atoms with van der Waals surface area (Å²) in [5, 5.41) is 0. The summed E-state index contributed by atoms with van der Waals surface area (Å²) in [5.41, 5.74) is 6.86. The number of hydrogen-bond donors (Lipinski definition) is 0. The summed E-state index contributed by atoms with van der Waals surface area (Å²) in [6, 6.07) is 7.77. The van der Waals surface area contributed by atoms with Crippen LogP contribution in [-0.2, 0) is 46.9 Å². The Morgan fingerprint density at radius 2 is 1.07 bits per heavy atom. The van der Waals surface area contributed by atoms with Crippen molar-refractivity contribution in [2.24, 2.45) is 0 Å². The van der Waals surface area contributed by atoms with Gasteiger partial charge in [-0.3, -0.25) is 0 Å². The molecule has 2 aromatic rings. The van der Waals surface area contributed by atoms with Crippen molar-refractivity contribution in [1.82, 2.24) is 0 Å². The SMILES string of the molecule is COC(=O)c1cc2c(C(=O)OC)cc1CCc1cc(CCl)c(cc1CCl)CC2. The van der Waals surface area contributed by atoms with Crippen molar-refractivity contribution in [2.45, 2.75) is 37.4 Å². The standard InChI is InChI=1S/C22H22Cl2O4/c1-27-21(25)19-9-16-6-4-14-8-17(11-23)13(7-18(14)12-24)3-5-15(19)10-20(16)22(26)28-2/h7-10H,3-6,11-12H2,1-2H3. The van der Waals surface area contributed by atoms with Gasteiger partial charge in [0.15, 0.2) is 0 Å². The second-order valence-corrected chi connectivity index (χ2v) is 7.34.